The van der Waals surface area contributed by atoms with Gasteiger partial charge in [0, 0.05) is 19.8 Å². The van der Waals surface area contributed by atoms with Crippen molar-refractivity contribution in [3.8, 4) is 0 Å². The van der Waals surface area contributed by atoms with E-state index in [-0.39, 0.29) is 12.5 Å². The Kier molecular flexibility index (Phi) is 6.50. The first-order valence-corrected chi connectivity index (χ1v) is 9.52. The number of hydrogen-bond acceptors (Lipinski definition) is 4. The molecule has 1 aliphatic heterocycles. The van der Waals surface area contributed by atoms with Gasteiger partial charge >= 0.3 is 0 Å². The molecule has 1 fully saturated rings. The van der Waals surface area contributed by atoms with E-state index < -0.39 is 11.0 Å². The van der Waals surface area contributed by atoms with Crippen LogP contribution in [0.25, 0.3) is 0 Å². The number of hydrogen-bond donors (Lipinski definition) is 2. The van der Waals surface area contributed by atoms with E-state index in [2.05, 4.69) is 5.32 Å². The summed E-state index contributed by atoms with van der Waals surface area (Å²) in [4.78, 5) is 13.0. The molecule has 0 saturated carbocycles. The highest BCUT2D eigenvalue weighted by Crippen LogP contribution is 2.35. The van der Waals surface area contributed by atoms with Gasteiger partial charge in [0.1, 0.15) is 0 Å². The zero-order valence-electron chi connectivity index (χ0n) is 14.0. The summed E-state index contributed by atoms with van der Waals surface area (Å²) in [6, 6.07) is 9.91. The van der Waals surface area contributed by atoms with Crippen molar-refractivity contribution in [2.24, 2.45) is 0 Å². The van der Waals surface area contributed by atoms with Crippen LogP contribution >= 0.6 is 11.8 Å². The van der Waals surface area contributed by atoms with Crippen LogP contribution in [0.5, 0.6) is 0 Å². The highest BCUT2D eigenvalue weighted by atomic mass is 32.2. The van der Waals surface area contributed by atoms with Gasteiger partial charge in [0.15, 0.2) is 0 Å². The molecule has 128 valence electrons. The SMILES string of the molecule is CSCCC(C)(O)CNC(=O)C1(c2ccccc2)CCOCC1. The zero-order chi connectivity index (χ0) is 16.8. The average Bonchev–Trinajstić information content (AvgIpc) is 2.59. The van der Waals surface area contributed by atoms with Gasteiger partial charge in [0.05, 0.1) is 11.0 Å². The topological polar surface area (TPSA) is 58.6 Å². The monoisotopic (exact) mass is 337 g/mol. The van der Waals surface area contributed by atoms with Crippen molar-refractivity contribution in [3.63, 3.8) is 0 Å². The number of rotatable bonds is 7. The maximum absolute atomic E-state index is 13.0. The predicted octanol–water partition coefficient (Wildman–Crippen LogP) is 2.36. The first-order chi connectivity index (χ1) is 11.0. The summed E-state index contributed by atoms with van der Waals surface area (Å²) in [5, 5.41) is 13.4. The number of carbonyl (C=O) groups excluding carboxylic acids is 1. The second kappa shape index (κ2) is 8.18. The van der Waals surface area contributed by atoms with Gasteiger partial charge in [-0.15, -0.1) is 0 Å². The molecule has 5 heteroatoms. The van der Waals surface area contributed by atoms with Gasteiger partial charge < -0.3 is 15.2 Å². The Hall–Kier alpha value is -1.04. The summed E-state index contributed by atoms with van der Waals surface area (Å²) in [6.07, 6.45) is 4.03. The molecule has 4 nitrogen and oxygen atoms in total. The lowest BCUT2D eigenvalue weighted by molar-refractivity contribution is -0.131. The number of aliphatic hydroxyl groups is 1. The number of thioether (sulfide) groups is 1. The van der Waals surface area contributed by atoms with Crippen LogP contribution in [0.2, 0.25) is 0 Å². The number of amides is 1. The van der Waals surface area contributed by atoms with Crippen molar-refractivity contribution < 1.29 is 14.6 Å². The number of carbonyl (C=O) groups is 1. The van der Waals surface area contributed by atoms with E-state index in [1.54, 1.807) is 18.7 Å². The van der Waals surface area contributed by atoms with E-state index >= 15 is 0 Å². The highest BCUT2D eigenvalue weighted by molar-refractivity contribution is 7.98. The fourth-order valence-electron chi connectivity index (χ4n) is 2.97. The van der Waals surface area contributed by atoms with Crippen LogP contribution in [0.1, 0.15) is 31.7 Å². The molecule has 1 atom stereocenters. The average molecular weight is 337 g/mol. The van der Waals surface area contributed by atoms with Crippen molar-refractivity contribution in [1.82, 2.24) is 5.32 Å². The molecule has 1 aromatic carbocycles. The summed E-state index contributed by atoms with van der Waals surface area (Å²) in [7, 11) is 0. The molecule has 1 amide bonds. The van der Waals surface area contributed by atoms with Gasteiger partial charge in [-0.2, -0.15) is 11.8 Å². The van der Waals surface area contributed by atoms with E-state index in [4.69, 9.17) is 4.74 Å². The molecule has 1 heterocycles. The quantitative estimate of drug-likeness (QED) is 0.802. The third-order valence-electron chi connectivity index (χ3n) is 4.58. The van der Waals surface area contributed by atoms with Crippen molar-refractivity contribution >= 4 is 17.7 Å². The summed E-state index contributed by atoms with van der Waals surface area (Å²) in [5.41, 5.74) is -0.388. The number of benzene rings is 1. The van der Waals surface area contributed by atoms with Crippen LogP contribution in [-0.4, -0.2) is 48.4 Å². The lowest BCUT2D eigenvalue weighted by atomic mass is 9.73. The molecule has 1 saturated heterocycles. The Morgan fingerprint density at radius 3 is 2.61 bits per heavy atom. The fourth-order valence-corrected chi connectivity index (χ4v) is 3.62. The summed E-state index contributed by atoms with van der Waals surface area (Å²) in [5.74, 6) is 0.872. The number of ether oxygens (including phenoxy) is 1. The molecule has 0 aliphatic carbocycles. The van der Waals surface area contributed by atoms with Crippen LogP contribution in [0.15, 0.2) is 30.3 Å². The van der Waals surface area contributed by atoms with Crippen molar-refractivity contribution in [1.29, 1.82) is 0 Å². The second-order valence-corrected chi connectivity index (χ2v) is 7.47. The molecule has 1 aliphatic rings. The normalized spacial score (nSPS) is 19.8. The first-order valence-electron chi connectivity index (χ1n) is 8.13. The molecule has 0 radical (unpaired) electrons. The maximum Gasteiger partial charge on any atom is 0.230 e. The molecule has 0 bridgehead atoms. The minimum atomic E-state index is -0.873. The Morgan fingerprint density at radius 1 is 1.35 bits per heavy atom. The molecule has 0 spiro atoms. The van der Waals surface area contributed by atoms with Crippen LogP contribution in [0.4, 0.5) is 0 Å². The van der Waals surface area contributed by atoms with Gasteiger partial charge in [-0.05, 0) is 43.8 Å². The van der Waals surface area contributed by atoms with Crippen LogP contribution in [0, 0.1) is 0 Å². The molecule has 1 unspecified atom stereocenters. The van der Waals surface area contributed by atoms with Gasteiger partial charge in [-0.1, -0.05) is 30.3 Å². The third-order valence-corrected chi connectivity index (χ3v) is 5.19. The molecular formula is C18H27NO3S. The van der Waals surface area contributed by atoms with E-state index in [9.17, 15) is 9.90 Å². The Balaban J connectivity index is 2.09. The molecule has 23 heavy (non-hydrogen) atoms. The molecule has 2 rings (SSSR count). The third kappa shape index (κ3) is 4.72. The second-order valence-electron chi connectivity index (χ2n) is 6.48. The standard InChI is InChI=1S/C18H27NO3S/c1-17(21,10-13-23-2)14-19-16(20)18(8-11-22-12-9-18)15-6-4-3-5-7-15/h3-7,21H,8-14H2,1-2H3,(H,19,20). The molecule has 0 aromatic heterocycles. The van der Waals surface area contributed by atoms with Crippen molar-refractivity contribution in [2.45, 2.75) is 37.2 Å². The zero-order valence-corrected chi connectivity index (χ0v) is 14.8. The smallest absolute Gasteiger partial charge is 0.230 e. The number of nitrogens with one attached hydrogen (secondary N) is 1. The Bertz CT molecular complexity index is 498. The Morgan fingerprint density at radius 2 is 2.00 bits per heavy atom. The van der Waals surface area contributed by atoms with Gasteiger partial charge in [-0.3, -0.25) is 4.79 Å². The van der Waals surface area contributed by atoms with Crippen molar-refractivity contribution in [2.75, 3.05) is 31.8 Å². The van der Waals surface area contributed by atoms with Gasteiger partial charge in [0.2, 0.25) is 5.91 Å². The van der Waals surface area contributed by atoms with E-state index in [0.717, 1.165) is 11.3 Å². The molecular weight excluding hydrogens is 310 g/mol. The fraction of sp³-hybridized carbons (Fsp3) is 0.611. The van der Waals surface area contributed by atoms with Crippen LogP contribution < -0.4 is 5.32 Å². The largest absolute Gasteiger partial charge is 0.388 e. The summed E-state index contributed by atoms with van der Waals surface area (Å²) < 4.78 is 5.46. The molecule has 1 aromatic rings. The minimum Gasteiger partial charge on any atom is -0.388 e. The Labute approximate surface area is 143 Å². The van der Waals surface area contributed by atoms with Crippen LogP contribution in [-0.2, 0) is 14.9 Å². The highest BCUT2D eigenvalue weighted by Gasteiger charge is 2.42. The predicted molar refractivity (Wildman–Crippen MR) is 94.8 cm³/mol. The molecule has 2 N–H and O–H groups in total. The van der Waals surface area contributed by atoms with E-state index in [0.29, 0.717) is 32.5 Å². The summed E-state index contributed by atoms with van der Waals surface area (Å²) >= 11 is 1.70. The lowest BCUT2D eigenvalue weighted by Gasteiger charge is -2.37. The maximum atomic E-state index is 13.0. The van der Waals surface area contributed by atoms with Gasteiger partial charge in [-0.25, -0.2) is 0 Å². The summed E-state index contributed by atoms with van der Waals surface area (Å²) in [6.45, 7) is 3.24. The van der Waals surface area contributed by atoms with E-state index in [1.807, 2.05) is 36.6 Å². The first kappa shape index (κ1) is 18.3. The van der Waals surface area contributed by atoms with E-state index in [1.165, 1.54) is 0 Å². The van der Waals surface area contributed by atoms with Gasteiger partial charge in [0.25, 0.3) is 0 Å². The minimum absolute atomic E-state index is 0.00331. The van der Waals surface area contributed by atoms with Crippen molar-refractivity contribution in [3.05, 3.63) is 35.9 Å². The lowest BCUT2D eigenvalue weighted by Crippen LogP contribution is -2.51. The van der Waals surface area contributed by atoms with Crippen LogP contribution in [0.3, 0.4) is 0 Å².